The number of aliphatic hydroxyl groups excluding tert-OH is 1. The maximum Gasteiger partial charge on any atom is 0.317 e. The van der Waals surface area contributed by atoms with Gasteiger partial charge in [-0.05, 0) is 17.9 Å². The lowest BCUT2D eigenvalue weighted by Gasteiger charge is -2.29. The highest BCUT2D eigenvalue weighted by molar-refractivity contribution is 5.73. The summed E-state index contributed by atoms with van der Waals surface area (Å²) >= 11 is 0. The Morgan fingerprint density at radius 3 is 2.43 bits per heavy atom. The lowest BCUT2D eigenvalue weighted by molar-refractivity contribution is 0.0964. The summed E-state index contributed by atoms with van der Waals surface area (Å²) < 4.78 is 0. The van der Waals surface area contributed by atoms with Crippen molar-refractivity contribution in [1.29, 1.82) is 0 Å². The Labute approximate surface area is 127 Å². The minimum atomic E-state index is -0.749. The summed E-state index contributed by atoms with van der Waals surface area (Å²) in [6, 6.07) is 9.23. The van der Waals surface area contributed by atoms with E-state index in [-0.39, 0.29) is 12.6 Å². The number of nitrogens with zero attached hydrogens (tertiary/aromatic N) is 1. The van der Waals surface area contributed by atoms with Crippen LogP contribution in [0.25, 0.3) is 0 Å². The molecule has 0 saturated heterocycles. The Morgan fingerprint density at radius 2 is 1.90 bits per heavy atom. The van der Waals surface area contributed by atoms with E-state index in [1.807, 2.05) is 44.2 Å². The standard InChI is InChI=1S/C16H27N3O2/c1-12(2)10-19(16(21)18-3)11-15(20)14(17)9-13-7-5-4-6-8-13/h4-8,12,14-15,20H,9-11,17H2,1-3H3,(H,18,21)/t14-,15+/m0/s1. The van der Waals surface area contributed by atoms with Crippen molar-refractivity contribution in [3.05, 3.63) is 35.9 Å². The van der Waals surface area contributed by atoms with Gasteiger partial charge in [-0.2, -0.15) is 0 Å². The Hall–Kier alpha value is -1.59. The molecule has 0 saturated carbocycles. The SMILES string of the molecule is CNC(=O)N(CC(C)C)C[C@@H](O)[C@@H](N)Cc1ccccc1. The lowest BCUT2D eigenvalue weighted by atomic mass is 10.0. The van der Waals surface area contributed by atoms with Crippen molar-refractivity contribution < 1.29 is 9.90 Å². The summed E-state index contributed by atoms with van der Waals surface area (Å²) in [5.41, 5.74) is 7.14. The molecular formula is C16H27N3O2. The topological polar surface area (TPSA) is 78.6 Å². The Balaban J connectivity index is 2.59. The molecule has 118 valence electrons. The van der Waals surface area contributed by atoms with E-state index < -0.39 is 12.1 Å². The lowest BCUT2D eigenvalue weighted by Crippen LogP contribution is -2.49. The van der Waals surface area contributed by atoms with Crippen molar-refractivity contribution in [1.82, 2.24) is 10.2 Å². The van der Waals surface area contributed by atoms with Gasteiger partial charge in [-0.1, -0.05) is 44.2 Å². The molecule has 1 aromatic carbocycles. The third kappa shape index (κ3) is 6.14. The fourth-order valence-electron chi connectivity index (χ4n) is 2.22. The zero-order chi connectivity index (χ0) is 15.8. The molecule has 1 aromatic rings. The molecule has 21 heavy (non-hydrogen) atoms. The third-order valence-electron chi connectivity index (χ3n) is 3.30. The number of hydrogen-bond donors (Lipinski definition) is 3. The Kier molecular flexibility index (Phi) is 7.19. The van der Waals surface area contributed by atoms with E-state index in [0.29, 0.717) is 18.9 Å². The van der Waals surface area contributed by atoms with Gasteiger partial charge in [0, 0.05) is 26.2 Å². The summed E-state index contributed by atoms with van der Waals surface area (Å²) in [6.45, 7) is 4.90. The van der Waals surface area contributed by atoms with Crippen molar-refractivity contribution in [3.8, 4) is 0 Å². The van der Waals surface area contributed by atoms with Gasteiger partial charge < -0.3 is 21.1 Å². The number of aliphatic hydroxyl groups is 1. The maximum atomic E-state index is 11.8. The fraction of sp³-hybridized carbons (Fsp3) is 0.562. The van der Waals surface area contributed by atoms with Crippen molar-refractivity contribution in [2.75, 3.05) is 20.1 Å². The van der Waals surface area contributed by atoms with Crippen molar-refractivity contribution in [2.45, 2.75) is 32.4 Å². The van der Waals surface area contributed by atoms with Gasteiger partial charge in [-0.3, -0.25) is 0 Å². The van der Waals surface area contributed by atoms with E-state index in [9.17, 15) is 9.90 Å². The molecule has 0 radical (unpaired) electrons. The average molecular weight is 293 g/mol. The van der Waals surface area contributed by atoms with Crippen LogP contribution in [0.5, 0.6) is 0 Å². The second-order valence-corrected chi connectivity index (χ2v) is 5.77. The minimum absolute atomic E-state index is 0.185. The highest BCUT2D eigenvalue weighted by Gasteiger charge is 2.22. The van der Waals surface area contributed by atoms with Gasteiger partial charge in [0.15, 0.2) is 0 Å². The number of urea groups is 1. The molecule has 0 unspecified atom stereocenters. The number of nitrogens with two attached hydrogens (primary N) is 1. The van der Waals surface area contributed by atoms with Crippen LogP contribution in [0.3, 0.4) is 0 Å². The second kappa shape index (κ2) is 8.64. The van der Waals surface area contributed by atoms with Crippen LogP contribution in [0.15, 0.2) is 30.3 Å². The molecule has 5 heteroatoms. The zero-order valence-electron chi connectivity index (χ0n) is 13.1. The third-order valence-corrected chi connectivity index (χ3v) is 3.30. The van der Waals surface area contributed by atoms with E-state index >= 15 is 0 Å². The van der Waals surface area contributed by atoms with E-state index in [1.54, 1.807) is 11.9 Å². The van der Waals surface area contributed by atoms with Gasteiger partial charge in [-0.15, -0.1) is 0 Å². The quantitative estimate of drug-likeness (QED) is 0.707. The predicted molar refractivity (Wildman–Crippen MR) is 85.0 cm³/mol. The first-order valence-electron chi connectivity index (χ1n) is 7.38. The monoisotopic (exact) mass is 293 g/mol. The number of benzene rings is 1. The number of hydrogen-bond acceptors (Lipinski definition) is 3. The highest BCUT2D eigenvalue weighted by atomic mass is 16.3. The molecule has 0 spiro atoms. The molecule has 5 nitrogen and oxygen atoms in total. The van der Waals surface area contributed by atoms with Crippen LogP contribution in [0.1, 0.15) is 19.4 Å². The first-order chi connectivity index (χ1) is 9.93. The first-order valence-corrected chi connectivity index (χ1v) is 7.38. The molecule has 0 heterocycles. The van der Waals surface area contributed by atoms with Crippen LogP contribution in [0.4, 0.5) is 4.79 Å². The molecular weight excluding hydrogens is 266 g/mol. The molecule has 0 aliphatic heterocycles. The second-order valence-electron chi connectivity index (χ2n) is 5.77. The zero-order valence-corrected chi connectivity index (χ0v) is 13.1. The van der Waals surface area contributed by atoms with E-state index in [1.165, 1.54) is 0 Å². The number of carbonyl (C=O) groups is 1. The fourth-order valence-corrected chi connectivity index (χ4v) is 2.22. The average Bonchev–Trinajstić information content (AvgIpc) is 2.46. The van der Waals surface area contributed by atoms with Crippen LogP contribution in [0.2, 0.25) is 0 Å². The summed E-state index contributed by atoms with van der Waals surface area (Å²) in [7, 11) is 1.59. The molecule has 0 bridgehead atoms. The Morgan fingerprint density at radius 1 is 1.29 bits per heavy atom. The van der Waals surface area contributed by atoms with Gasteiger partial charge in [0.05, 0.1) is 6.10 Å². The van der Waals surface area contributed by atoms with Crippen LogP contribution in [-0.4, -0.2) is 48.3 Å². The van der Waals surface area contributed by atoms with Crippen LogP contribution >= 0.6 is 0 Å². The molecule has 2 amide bonds. The van der Waals surface area contributed by atoms with E-state index in [2.05, 4.69) is 5.32 Å². The molecule has 0 aromatic heterocycles. The van der Waals surface area contributed by atoms with Crippen molar-refractivity contribution >= 4 is 6.03 Å². The predicted octanol–water partition coefficient (Wildman–Crippen LogP) is 1.21. The number of rotatable bonds is 7. The molecule has 1 rings (SSSR count). The molecule has 2 atom stereocenters. The molecule has 0 aliphatic carbocycles. The molecule has 4 N–H and O–H groups in total. The highest BCUT2D eigenvalue weighted by Crippen LogP contribution is 2.07. The van der Waals surface area contributed by atoms with Crippen LogP contribution < -0.4 is 11.1 Å². The van der Waals surface area contributed by atoms with E-state index in [4.69, 9.17) is 5.73 Å². The van der Waals surface area contributed by atoms with Crippen molar-refractivity contribution in [2.24, 2.45) is 11.7 Å². The molecule has 0 aliphatic rings. The van der Waals surface area contributed by atoms with Crippen molar-refractivity contribution in [3.63, 3.8) is 0 Å². The summed E-state index contributed by atoms with van der Waals surface area (Å²) in [5.74, 6) is 0.333. The first kappa shape index (κ1) is 17.5. The van der Waals surface area contributed by atoms with Gasteiger partial charge in [0.1, 0.15) is 0 Å². The number of nitrogens with one attached hydrogen (secondary N) is 1. The van der Waals surface area contributed by atoms with E-state index in [0.717, 1.165) is 5.56 Å². The van der Waals surface area contributed by atoms with Crippen LogP contribution in [-0.2, 0) is 6.42 Å². The minimum Gasteiger partial charge on any atom is -0.390 e. The summed E-state index contributed by atoms with van der Waals surface area (Å²) in [4.78, 5) is 13.4. The van der Waals surface area contributed by atoms with Crippen LogP contribution in [0, 0.1) is 5.92 Å². The largest absolute Gasteiger partial charge is 0.390 e. The van der Waals surface area contributed by atoms with Gasteiger partial charge in [0.2, 0.25) is 0 Å². The normalized spacial score (nSPS) is 13.8. The maximum absolute atomic E-state index is 11.8. The number of carbonyl (C=O) groups excluding carboxylic acids is 1. The summed E-state index contributed by atoms with van der Waals surface area (Å²) in [5, 5.41) is 12.9. The van der Waals surface area contributed by atoms with Gasteiger partial charge in [-0.25, -0.2) is 4.79 Å². The van der Waals surface area contributed by atoms with Gasteiger partial charge in [0.25, 0.3) is 0 Å². The molecule has 0 fully saturated rings. The Bertz CT molecular complexity index is 423. The summed E-state index contributed by atoms with van der Waals surface area (Å²) in [6.07, 6.45) is -0.160. The van der Waals surface area contributed by atoms with Gasteiger partial charge >= 0.3 is 6.03 Å². The number of amides is 2. The smallest absolute Gasteiger partial charge is 0.317 e.